The zero-order chi connectivity index (χ0) is 20.6. The topological polar surface area (TPSA) is 60.0 Å². The van der Waals surface area contributed by atoms with E-state index in [4.69, 9.17) is 14.2 Å². The summed E-state index contributed by atoms with van der Waals surface area (Å²) in [6, 6.07) is 11.6. The molecule has 0 aromatic heterocycles. The minimum atomic E-state index is -0.183. The Labute approximate surface area is 172 Å². The van der Waals surface area contributed by atoms with E-state index >= 15 is 0 Å². The smallest absolute Gasteiger partial charge is 0.251 e. The van der Waals surface area contributed by atoms with Crippen LogP contribution in [0.3, 0.4) is 0 Å². The summed E-state index contributed by atoms with van der Waals surface area (Å²) in [5.74, 6) is 1.21. The van der Waals surface area contributed by atoms with E-state index in [-0.39, 0.29) is 5.91 Å². The second-order valence-corrected chi connectivity index (χ2v) is 7.20. The Bertz CT molecular complexity index is 806. The van der Waals surface area contributed by atoms with Crippen LogP contribution in [0.25, 0.3) is 0 Å². The molecule has 0 unspecified atom stereocenters. The first-order chi connectivity index (χ1) is 14.2. The highest BCUT2D eigenvalue weighted by atomic mass is 16.5. The van der Waals surface area contributed by atoms with Gasteiger partial charge in [0.2, 0.25) is 5.75 Å². The highest BCUT2D eigenvalue weighted by Gasteiger charge is 2.17. The van der Waals surface area contributed by atoms with Gasteiger partial charge in [-0.15, -0.1) is 0 Å². The van der Waals surface area contributed by atoms with E-state index in [0.717, 1.165) is 25.2 Å². The number of likely N-dealkylation sites (tertiary alicyclic amines) is 1. The van der Waals surface area contributed by atoms with Gasteiger partial charge in [-0.1, -0.05) is 30.7 Å². The molecule has 0 aliphatic carbocycles. The number of piperidine rings is 1. The van der Waals surface area contributed by atoms with Crippen molar-refractivity contribution in [2.45, 2.75) is 32.4 Å². The van der Waals surface area contributed by atoms with Gasteiger partial charge < -0.3 is 19.5 Å². The molecule has 1 heterocycles. The van der Waals surface area contributed by atoms with Crippen molar-refractivity contribution in [2.24, 2.45) is 0 Å². The van der Waals surface area contributed by atoms with Crippen molar-refractivity contribution in [1.82, 2.24) is 10.2 Å². The Balaban J connectivity index is 1.71. The Morgan fingerprint density at radius 3 is 2.14 bits per heavy atom. The van der Waals surface area contributed by atoms with Crippen LogP contribution in [-0.2, 0) is 13.1 Å². The van der Waals surface area contributed by atoms with Gasteiger partial charge >= 0.3 is 0 Å². The summed E-state index contributed by atoms with van der Waals surface area (Å²) in [5, 5.41) is 3.02. The lowest BCUT2D eigenvalue weighted by molar-refractivity contribution is 0.0950. The van der Waals surface area contributed by atoms with Crippen molar-refractivity contribution >= 4 is 5.91 Å². The van der Waals surface area contributed by atoms with E-state index in [1.165, 1.54) is 39.0 Å². The predicted molar refractivity (Wildman–Crippen MR) is 113 cm³/mol. The third-order valence-corrected chi connectivity index (χ3v) is 5.33. The Kier molecular flexibility index (Phi) is 7.36. The van der Waals surface area contributed by atoms with Gasteiger partial charge in [-0.25, -0.2) is 0 Å². The average Bonchev–Trinajstić information content (AvgIpc) is 2.77. The fraction of sp³-hybridized carbons (Fsp3) is 0.435. The van der Waals surface area contributed by atoms with Gasteiger partial charge in [0.05, 0.1) is 21.3 Å². The van der Waals surface area contributed by atoms with Crippen LogP contribution in [-0.4, -0.2) is 45.2 Å². The number of hydrogen-bond acceptors (Lipinski definition) is 5. The van der Waals surface area contributed by atoms with Crippen molar-refractivity contribution < 1.29 is 19.0 Å². The van der Waals surface area contributed by atoms with Crippen LogP contribution in [0.4, 0.5) is 0 Å². The Hall–Kier alpha value is -2.73. The molecular weight excluding hydrogens is 368 g/mol. The second-order valence-electron chi connectivity index (χ2n) is 7.20. The lowest BCUT2D eigenvalue weighted by Crippen LogP contribution is -2.30. The van der Waals surface area contributed by atoms with Gasteiger partial charge in [0, 0.05) is 18.7 Å². The summed E-state index contributed by atoms with van der Waals surface area (Å²) in [6.07, 6.45) is 3.85. The van der Waals surface area contributed by atoms with E-state index < -0.39 is 0 Å². The maximum Gasteiger partial charge on any atom is 0.251 e. The van der Waals surface area contributed by atoms with Gasteiger partial charge in [0.25, 0.3) is 5.91 Å². The Morgan fingerprint density at radius 1 is 0.931 bits per heavy atom. The van der Waals surface area contributed by atoms with Crippen molar-refractivity contribution in [1.29, 1.82) is 0 Å². The summed E-state index contributed by atoms with van der Waals surface area (Å²) in [6.45, 7) is 3.69. The van der Waals surface area contributed by atoms with Crippen LogP contribution in [0, 0.1) is 0 Å². The van der Waals surface area contributed by atoms with Crippen LogP contribution in [0.2, 0.25) is 0 Å². The molecule has 1 amide bonds. The maximum absolute atomic E-state index is 12.8. The zero-order valence-electron chi connectivity index (χ0n) is 17.5. The van der Waals surface area contributed by atoms with Gasteiger partial charge in [-0.3, -0.25) is 9.69 Å². The van der Waals surface area contributed by atoms with Gasteiger partial charge in [0.1, 0.15) is 0 Å². The molecule has 2 aromatic rings. The quantitative estimate of drug-likeness (QED) is 0.736. The van der Waals surface area contributed by atoms with Crippen molar-refractivity contribution in [3.05, 3.63) is 53.1 Å². The molecule has 6 nitrogen and oxygen atoms in total. The molecule has 1 fully saturated rings. The summed E-state index contributed by atoms with van der Waals surface area (Å²) in [4.78, 5) is 15.3. The molecule has 3 rings (SSSR count). The molecular formula is C23H30N2O4. The predicted octanol–water partition coefficient (Wildman–Crippen LogP) is 3.63. The fourth-order valence-corrected chi connectivity index (χ4v) is 3.73. The number of hydrogen-bond donors (Lipinski definition) is 1. The molecule has 1 saturated heterocycles. The number of methoxy groups -OCH3 is 3. The third-order valence-electron chi connectivity index (χ3n) is 5.33. The number of amides is 1. The highest BCUT2D eigenvalue weighted by molar-refractivity contribution is 5.95. The summed E-state index contributed by atoms with van der Waals surface area (Å²) in [7, 11) is 4.62. The molecule has 29 heavy (non-hydrogen) atoms. The summed E-state index contributed by atoms with van der Waals surface area (Å²) < 4.78 is 16.0. The van der Waals surface area contributed by atoms with Crippen molar-refractivity contribution in [3.63, 3.8) is 0 Å². The van der Waals surface area contributed by atoms with Crippen molar-refractivity contribution in [3.8, 4) is 17.2 Å². The molecule has 6 heteroatoms. The van der Waals surface area contributed by atoms with Gasteiger partial charge in [-0.2, -0.15) is 0 Å². The van der Waals surface area contributed by atoms with Crippen LogP contribution in [0.1, 0.15) is 40.7 Å². The number of ether oxygens (including phenoxy) is 3. The van der Waals surface area contributed by atoms with Crippen LogP contribution >= 0.6 is 0 Å². The maximum atomic E-state index is 12.8. The van der Waals surface area contributed by atoms with E-state index in [9.17, 15) is 4.79 Å². The first kappa shape index (κ1) is 21.0. The normalized spacial score (nSPS) is 14.3. The molecule has 0 spiro atoms. The van der Waals surface area contributed by atoms with E-state index in [0.29, 0.717) is 29.4 Å². The minimum Gasteiger partial charge on any atom is -0.493 e. The van der Waals surface area contributed by atoms with E-state index in [1.54, 1.807) is 19.2 Å². The molecule has 0 radical (unpaired) electrons. The molecule has 156 valence electrons. The molecule has 0 saturated carbocycles. The first-order valence-electron chi connectivity index (χ1n) is 10.0. The Morgan fingerprint density at radius 2 is 1.55 bits per heavy atom. The lowest BCUT2D eigenvalue weighted by Gasteiger charge is -2.27. The standard InChI is InChI=1S/C23H30N2O4/c1-27-20-13-19(14-21(28-2)22(20)29-3)23(26)24-15-17-9-5-6-10-18(17)16-25-11-7-4-8-12-25/h5-6,9-10,13-14H,4,7-8,11-12,15-16H2,1-3H3,(H,24,26). The number of rotatable bonds is 8. The van der Waals surface area contributed by atoms with Crippen LogP contribution < -0.4 is 19.5 Å². The summed E-state index contributed by atoms with van der Waals surface area (Å²) in [5.41, 5.74) is 2.87. The lowest BCUT2D eigenvalue weighted by atomic mass is 10.0. The number of nitrogens with zero attached hydrogens (tertiary/aromatic N) is 1. The zero-order valence-corrected chi connectivity index (χ0v) is 17.5. The molecule has 2 aromatic carbocycles. The largest absolute Gasteiger partial charge is 0.493 e. The number of carbonyl (C=O) groups excluding carboxylic acids is 1. The van der Waals surface area contributed by atoms with Gasteiger partial charge in [-0.05, 0) is 49.2 Å². The molecule has 1 aliphatic heterocycles. The minimum absolute atomic E-state index is 0.183. The van der Waals surface area contributed by atoms with Crippen LogP contribution in [0.15, 0.2) is 36.4 Å². The van der Waals surface area contributed by atoms with Gasteiger partial charge in [0.15, 0.2) is 11.5 Å². The number of benzene rings is 2. The van der Waals surface area contributed by atoms with Crippen molar-refractivity contribution in [2.75, 3.05) is 34.4 Å². The monoisotopic (exact) mass is 398 g/mol. The first-order valence-corrected chi connectivity index (χ1v) is 10.0. The van der Waals surface area contributed by atoms with E-state index in [1.807, 2.05) is 6.07 Å². The van der Waals surface area contributed by atoms with Crippen LogP contribution in [0.5, 0.6) is 17.2 Å². The second kappa shape index (κ2) is 10.2. The average molecular weight is 399 g/mol. The number of carbonyl (C=O) groups is 1. The number of nitrogens with one attached hydrogen (secondary N) is 1. The molecule has 0 atom stereocenters. The SMILES string of the molecule is COc1cc(C(=O)NCc2ccccc2CN2CCCCC2)cc(OC)c1OC. The molecule has 0 bridgehead atoms. The van der Waals surface area contributed by atoms with E-state index in [2.05, 4.69) is 28.4 Å². The summed E-state index contributed by atoms with van der Waals surface area (Å²) >= 11 is 0. The molecule has 1 aliphatic rings. The third kappa shape index (κ3) is 5.21. The molecule has 1 N–H and O–H groups in total. The highest BCUT2D eigenvalue weighted by Crippen LogP contribution is 2.38. The fourth-order valence-electron chi connectivity index (χ4n) is 3.73.